The van der Waals surface area contributed by atoms with Gasteiger partial charge in [-0.3, -0.25) is 0 Å². The molecule has 1 aromatic rings. The van der Waals surface area contributed by atoms with E-state index in [0.717, 1.165) is 30.6 Å². The van der Waals surface area contributed by atoms with Crippen LogP contribution in [0, 0.1) is 11.8 Å². The average Bonchev–Trinajstić information content (AvgIpc) is 2.72. The van der Waals surface area contributed by atoms with Crippen LogP contribution in [0.1, 0.15) is 92.4 Å². The summed E-state index contributed by atoms with van der Waals surface area (Å²) in [5.74, 6) is 1.50. The van der Waals surface area contributed by atoms with Crippen molar-refractivity contribution in [2.45, 2.75) is 98.6 Å². The van der Waals surface area contributed by atoms with E-state index in [-0.39, 0.29) is 0 Å². The molecule has 0 saturated heterocycles. The van der Waals surface area contributed by atoms with Crippen LogP contribution >= 0.6 is 0 Å². The molecule has 0 radical (unpaired) electrons. The number of hydrogen-bond acceptors (Lipinski definition) is 3. The molecule has 162 valence electrons. The summed E-state index contributed by atoms with van der Waals surface area (Å²) in [4.78, 5) is 2.62. The van der Waals surface area contributed by atoms with Crippen molar-refractivity contribution in [3.63, 3.8) is 0 Å². The monoisotopic (exact) mass is 390 g/mol. The maximum Gasteiger partial charge on any atom is 0.124 e. The number of nitrogens with zero attached hydrogens (tertiary/aromatic N) is 1. The quantitative estimate of drug-likeness (QED) is 0.296. The van der Waals surface area contributed by atoms with Crippen LogP contribution in [0.4, 0.5) is 11.4 Å². The molecular weight excluding hydrogens is 344 g/mol. The van der Waals surface area contributed by atoms with Crippen LogP contribution in [0.2, 0.25) is 0 Å². The SMILES string of the molecule is CCCCC(CC)CN(CC(CC)CCCC)c1cccc(NC(O)CC)c1. The van der Waals surface area contributed by atoms with Gasteiger partial charge in [0.25, 0.3) is 0 Å². The van der Waals surface area contributed by atoms with E-state index >= 15 is 0 Å². The van der Waals surface area contributed by atoms with Gasteiger partial charge in [-0.2, -0.15) is 0 Å². The van der Waals surface area contributed by atoms with Gasteiger partial charge >= 0.3 is 0 Å². The summed E-state index contributed by atoms with van der Waals surface area (Å²) >= 11 is 0. The zero-order chi connectivity index (χ0) is 20.8. The summed E-state index contributed by atoms with van der Waals surface area (Å²) in [5.41, 5.74) is 2.30. The van der Waals surface area contributed by atoms with Gasteiger partial charge in [-0.25, -0.2) is 0 Å². The molecule has 3 heteroatoms. The normalized spacial score (nSPS) is 14.5. The number of unbranched alkanes of at least 4 members (excludes halogenated alkanes) is 2. The summed E-state index contributed by atoms with van der Waals surface area (Å²) in [6.45, 7) is 13.5. The summed E-state index contributed by atoms with van der Waals surface area (Å²) in [7, 11) is 0. The fourth-order valence-corrected chi connectivity index (χ4v) is 3.83. The molecule has 3 nitrogen and oxygen atoms in total. The summed E-state index contributed by atoms with van der Waals surface area (Å²) in [5, 5.41) is 13.2. The Balaban J connectivity index is 2.99. The van der Waals surface area contributed by atoms with Crippen LogP contribution in [-0.2, 0) is 0 Å². The maximum atomic E-state index is 9.98. The van der Waals surface area contributed by atoms with Gasteiger partial charge in [-0.05, 0) is 49.3 Å². The van der Waals surface area contributed by atoms with Crippen molar-refractivity contribution in [2.75, 3.05) is 23.3 Å². The average molecular weight is 391 g/mol. The molecule has 0 bridgehead atoms. The second-order valence-electron chi connectivity index (χ2n) is 8.36. The highest BCUT2D eigenvalue weighted by Gasteiger charge is 2.18. The van der Waals surface area contributed by atoms with Gasteiger partial charge in [0.05, 0.1) is 0 Å². The minimum absolute atomic E-state index is 0.482. The minimum atomic E-state index is -0.482. The first-order valence-electron chi connectivity index (χ1n) is 11.9. The van der Waals surface area contributed by atoms with Crippen molar-refractivity contribution in [3.8, 4) is 0 Å². The predicted molar refractivity (Wildman–Crippen MR) is 125 cm³/mol. The first-order chi connectivity index (χ1) is 13.6. The third kappa shape index (κ3) is 9.32. The van der Waals surface area contributed by atoms with Gasteiger partial charge in [-0.1, -0.05) is 79.2 Å². The van der Waals surface area contributed by atoms with E-state index in [9.17, 15) is 5.11 Å². The van der Waals surface area contributed by atoms with Gasteiger partial charge in [0, 0.05) is 24.5 Å². The fourth-order valence-electron chi connectivity index (χ4n) is 3.83. The third-order valence-electron chi connectivity index (χ3n) is 5.98. The molecule has 0 aliphatic rings. The molecule has 0 aromatic heterocycles. The molecule has 1 aromatic carbocycles. The Labute approximate surface area is 174 Å². The lowest BCUT2D eigenvalue weighted by atomic mass is 9.95. The molecule has 1 rings (SSSR count). The number of benzene rings is 1. The number of nitrogens with one attached hydrogen (secondary N) is 1. The molecular formula is C25H46N2O. The first kappa shape index (κ1) is 24.8. The van der Waals surface area contributed by atoms with Crippen molar-refractivity contribution in [1.82, 2.24) is 0 Å². The largest absolute Gasteiger partial charge is 0.374 e. The lowest BCUT2D eigenvalue weighted by molar-refractivity contribution is 0.199. The van der Waals surface area contributed by atoms with E-state index in [1.807, 2.05) is 6.92 Å². The van der Waals surface area contributed by atoms with Crippen molar-refractivity contribution in [3.05, 3.63) is 24.3 Å². The molecule has 0 saturated carbocycles. The highest BCUT2D eigenvalue weighted by Crippen LogP contribution is 2.26. The summed E-state index contributed by atoms with van der Waals surface area (Å²) in [6, 6.07) is 8.64. The lowest BCUT2D eigenvalue weighted by Gasteiger charge is -2.33. The molecule has 0 spiro atoms. The van der Waals surface area contributed by atoms with E-state index in [4.69, 9.17) is 0 Å². The Morgan fingerprint density at radius 2 is 1.43 bits per heavy atom. The predicted octanol–water partition coefficient (Wildman–Crippen LogP) is 7.07. The molecule has 0 heterocycles. The minimum Gasteiger partial charge on any atom is -0.374 e. The van der Waals surface area contributed by atoms with E-state index in [2.05, 4.69) is 62.2 Å². The van der Waals surface area contributed by atoms with Gasteiger partial charge in [0.1, 0.15) is 6.23 Å². The van der Waals surface area contributed by atoms with E-state index in [1.165, 1.54) is 57.1 Å². The number of rotatable bonds is 16. The Kier molecular flexibility index (Phi) is 13.1. The van der Waals surface area contributed by atoms with Crippen molar-refractivity contribution in [2.24, 2.45) is 11.8 Å². The second-order valence-corrected chi connectivity index (χ2v) is 8.36. The number of hydrogen-bond donors (Lipinski definition) is 2. The molecule has 28 heavy (non-hydrogen) atoms. The zero-order valence-corrected chi connectivity index (χ0v) is 19.2. The van der Waals surface area contributed by atoms with Crippen molar-refractivity contribution >= 4 is 11.4 Å². The van der Waals surface area contributed by atoms with Crippen LogP contribution in [0.5, 0.6) is 0 Å². The van der Waals surface area contributed by atoms with E-state index in [0.29, 0.717) is 6.42 Å². The maximum absolute atomic E-state index is 9.98. The van der Waals surface area contributed by atoms with Crippen molar-refractivity contribution < 1.29 is 5.11 Å². The molecule has 0 aliphatic heterocycles. The van der Waals surface area contributed by atoms with Gasteiger partial charge in [0.2, 0.25) is 0 Å². The Morgan fingerprint density at radius 3 is 1.89 bits per heavy atom. The Hall–Kier alpha value is -1.22. The standard InChI is InChI=1S/C25H46N2O/c1-6-11-14-21(8-3)19-27(20-22(9-4)15-12-7-2)24-17-13-16-23(18-24)26-25(28)10-5/h13,16-18,21-22,25-26,28H,6-12,14-15,19-20H2,1-5H3. The molecule has 0 fully saturated rings. The van der Waals surface area contributed by atoms with Crippen LogP contribution in [-0.4, -0.2) is 24.4 Å². The molecule has 2 N–H and O–H groups in total. The van der Waals surface area contributed by atoms with Crippen LogP contribution in [0.15, 0.2) is 24.3 Å². The Bertz CT molecular complexity index is 487. The lowest BCUT2D eigenvalue weighted by Crippen LogP contribution is -2.34. The highest BCUT2D eigenvalue weighted by atomic mass is 16.3. The number of aliphatic hydroxyl groups excluding tert-OH is 1. The number of anilines is 2. The first-order valence-corrected chi connectivity index (χ1v) is 11.9. The van der Waals surface area contributed by atoms with Gasteiger partial charge in [0.15, 0.2) is 0 Å². The summed E-state index contributed by atoms with van der Waals surface area (Å²) in [6.07, 6.45) is 10.6. The fraction of sp³-hybridized carbons (Fsp3) is 0.760. The second kappa shape index (κ2) is 14.7. The van der Waals surface area contributed by atoms with Crippen molar-refractivity contribution in [1.29, 1.82) is 0 Å². The topological polar surface area (TPSA) is 35.5 Å². The van der Waals surface area contributed by atoms with E-state index in [1.54, 1.807) is 0 Å². The third-order valence-corrected chi connectivity index (χ3v) is 5.98. The van der Waals surface area contributed by atoms with Crippen LogP contribution < -0.4 is 10.2 Å². The zero-order valence-electron chi connectivity index (χ0n) is 19.2. The van der Waals surface area contributed by atoms with Crippen LogP contribution in [0.25, 0.3) is 0 Å². The number of aliphatic hydroxyl groups is 1. The van der Waals surface area contributed by atoms with Gasteiger partial charge in [-0.15, -0.1) is 0 Å². The Morgan fingerprint density at radius 1 is 0.857 bits per heavy atom. The van der Waals surface area contributed by atoms with E-state index < -0.39 is 6.23 Å². The molecule has 0 aliphatic carbocycles. The smallest absolute Gasteiger partial charge is 0.124 e. The highest BCUT2D eigenvalue weighted by molar-refractivity contribution is 5.58. The molecule has 3 unspecified atom stereocenters. The van der Waals surface area contributed by atoms with Gasteiger partial charge < -0.3 is 15.3 Å². The molecule has 3 atom stereocenters. The van der Waals surface area contributed by atoms with Crippen LogP contribution in [0.3, 0.4) is 0 Å². The molecule has 0 amide bonds. The summed E-state index contributed by atoms with van der Waals surface area (Å²) < 4.78 is 0.